The summed E-state index contributed by atoms with van der Waals surface area (Å²) in [6.07, 6.45) is 3.15. The van der Waals surface area contributed by atoms with Crippen molar-refractivity contribution in [3.63, 3.8) is 0 Å². The molecule has 0 spiro atoms. The summed E-state index contributed by atoms with van der Waals surface area (Å²) in [5.74, 6) is -2.02. The number of aliphatic imine (C=N–C) groups is 1. The number of amides is 2. The molecule has 0 fully saturated rings. The van der Waals surface area contributed by atoms with Gasteiger partial charge in [0.25, 0.3) is 0 Å². The minimum atomic E-state index is -1.08. The lowest BCUT2D eigenvalue weighted by Crippen LogP contribution is -2.47. The number of carboxylic acid groups (broad SMARTS) is 2. The molecule has 0 bridgehead atoms. The summed E-state index contributed by atoms with van der Waals surface area (Å²) in [5, 5.41) is 18.5. The van der Waals surface area contributed by atoms with Crippen molar-refractivity contribution in [1.82, 2.24) is 5.32 Å². The molecule has 168 valence electrons. The number of rotatable bonds is 9. The van der Waals surface area contributed by atoms with Gasteiger partial charge in [0.2, 0.25) is 0 Å². The Bertz CT molecular complexity index is 698. The first-order valence-corrected chi connectivity index (χ1v) is 10.1. The number of carbonyl (C=O) groups is 3. The number of urea groups is 1. The highest BCUT2D eigenvalue weighted by atomic mass is 16.4. The summed E-state index contributed by atoms with van der Waals surface area (Å²) in [6.45, 7) is 7.00. The summed E-state index contributed by atoms with van der Waals surface area (Å²) >= 11 is 0. The van der Waals surface area contributed by atoms with Crippen molar-refractivity contribution in [2.45, 2.75) is 59.3 Å². The highest BCUT2D eigenvalue weighted by Gasteiger charge is 2.21. The van der Waals surface area contributed by atoms with E-state index in [0.717, 1.165) is 31.4 Å². The van der Waals surface area contributed by atoms with Crippen LogP contribution in [0.5, 0.6) is 0 Å². The van der Waals surface area contributed by atoms with Gasteiger partial charge in [-0.1, -0.05) is 45.4 Å². The van der Waals surface area contributed by atoms with E-state index in [1.165, 1.54) is 11.1 Å². The molecular weight excluding hydrogens is 388 g/mol. The van der Waals surface area contributed by atoms with Gasteiger partial charge in [0, 0.05) is 13.6 Å². The number of aliphatic carboxylic acids is 2. The maximum absolute atomic E-state index is 12.6. The molecule has 0 aromatic heterocycles. The summed E-state index contributed by atoms with van der Waals surface area (Å²) in [5.41, 5.74) is 9.02. The second kappa shape index (κ2) is 14.8. The zero-order valence-corrected chi connectivity index (χ0v) is 18.3. The number of nitrogens with zero attached hydrogens (tertiary/aromatic N) is 2. The van der Waals surface area contributed by atoms with Crippen LogP contribution in [0.25, 0.3) is 0 Å². The van der Waals surface area contributed by atoms with Crippen molar-refractivity contribution < 1.29 is 24.6 Å². The molecule has 9 heteroatoms. The predicted octanol–water partition coefficient (Wildman–Crippen LogP) is 3.01. The lowest BCUT2D eigenvalue weighted by molar-refractivity contribution is -0.143. The second-order valence-corrected chi connectivity index (χ2v) is 6.46. The SMILES string of the molecule is CCCCN(C(=O)NC(N)=NC)c1c(CC)cccc1CC.O=C(O)CCC(=O)O. The van der Waals surface area contributed by atoms with Crippen LogP contribution >= 0.6 is 0 Å². The fourth-order valence-electron chi connectivity index (χ4n) is 2.64. The number of aryl methyl sites for hydroxylation is 2. The van der Waals surface area contributed by atoms with Crippen molar-refractivity contribution in [2.24, 2.45) is 10.7 Å². The molecule has 0 unspecified atom stereocenters. The van der Waals surface area contributed by atoms with Crippen molar-refractivity contribution in [1.29, 1.82) is 0 Å². The number of hydrogen-bond donors (Lipinski definition) is 4. The van der Waals surface area contributed by atoms with Crippen LogP contribution in [0.1, 0.15) is 57.6 Å². The van der Waals surface area contributed by atoms with Crippen LogP contribution in [0.3, 0.4) is 0 Å². The van der Waals surface area contributed by atoms with E-state index in [4.69, 9.17) is 15.9 Å². The molecule has 2 amide bonds. The van der Waals surface area contributed by atoms with E-state index >= 15 is 0 Å². The molecule has 30 heavy (non-hydrogen) atoms. The maximum Gasteiger partial charge on any atom is 0.328 e. The van der Waals surface area contributed by atoms with Crippen LogP contribution in [-0.4, -0.2) is 47.7 Å². The quantitative estimate of drug-likeness (QED) is 0.355. The molecule has 1 aromatic rings. The number of nitrogens with two attached hydrogens (primary N) is 1. The number of carboxylic acids is 2. The fraction of sp³-hybridized carbons (Fsp3) is 0.524. The Morgan fingerprint density at radius 2 is 1.53 bits per heavy atom. The Balaban J connectivity index is 0.000000890. The van der Waals surface area contributed by atoms with Crippen LogP contribution in [0, 0.1) is 0 Å². The Morgan fingerprint density at radius 1 is 1.03 bits per heavy atom. The van der Waals surface area contributed by atoms with Crippen LogP contribution in [0.2, 0.25) is 0 Å². The standard InChI is InChI=1S/C17H28N4O.C4H6O4/c1-5-8-12-21(17(22)20-16(18)19-4)15-13(6-2)10-9-11-14(15)7-3;5-3(6)1-2-4(7)8/h9-11H,5-8,12H2,1-4H3,(H3,18,19,20,22);1-2H2,(H,5,6)(H,7,8). The number of para-hydroxylation sites is 1. The third-order valence-corrected chi connectivity index (χ3v) is 4.24. The maximum atomic E-state index is 12.6. The summed E-state index contributed by atoms with van der Waals surface area (Å²) < 4.78 is 0. The zero-order chi connectivity index (χ0) is 23.1. The Morgan fingerprint density at radius 3 is 1.90 bits per heavy atom. The monoisotopic (exact) mass is 422 g/mol. The molecule has 0 radical (unpaired) electrons. The largest absolute Gasteiger partial charge is 0.481 e. The molecule has 0 atom stereocenters. The molecule has 0 aliphatic rings. The van der Waals surface area contributed by atoms with E-state index in [2.05, 4.69) is 49.3 Å². The first kappa shape index (κ1) is 26.9. The topological polar surface area (TPSA) is 145 Å². The molecule has 0 saturated carbocycles. The van der Waals surface area contributed by atoms with Gasteiger partial charge in [0.15, 0.2) is 5.96 Å². The van der Waals surface area contributed by atoms with E-state index in [9.17, 15) is 14.4 Å². The van der Waals surface area contributed by atoms with Gasteiger partial charge in [-0.2, -0.15) is 0 Å². The van der Waals surface area contributed by atoms with Crippen molar-refractivity contribution in [3.8, 4) is 0 Å². The van der Waals surface area contributed by atoms with E-state index in [-0.39, 0.29) is 24.8 Å². The predicted molar refractivity (Wildman–Crippen MR) is 118 cm³/mol. The van der Waals surface area contributed by atoms with Crippen LogP contribution in [0.15, 0.2) is 23.2 Å². The van der Waals surface area contributed by atoms with Crippen molar-refractivity contribution in [2.75, 3.05) is 18.5 Å². The van der Waals surface area contributed by atoms with Crippen molar-refractivity contribution in [3.05, 3.63) is 29.3 Å². The number of nitrogens with one attached hydrogen (secondary N) is 1. The summed E-state index contributed by atoms with van der Waals surface area (Å²) in [6, 6.07) is 6.00. The zero-order valence-electron chi connectivity index (χ0n) is 18.3. The minimum Gasteiger partial charge on any atom is -0.481 e. The lowest BCUT2D eigenvalue weighted by atomic mass is 10.0. The van der Waals surface area contributed by atoms with Gasteiger partial charge in [0.1, 0.15) is 0 Å². The Kier molecular flexibility index (Phi) is 13.3. The van der Waals surface area contributed by atoms with E-state index in [1.807, 2.05) is 0 Å². The first-order valence-electron chi connectivity index (χ1n) is 10.1. The van der Waals surface area contributed by atoms with Crippen LogP contribution in [0.4, 0.5) is 10.5 Å². The number of benzene rings is 1. The molecule has 1 aromatic carbocycles. The normalized spacial score (nSPS) is 10.6. The molecule has 0 aliphatic heterocycles. The molecule has 0 saturated heterocycles. The highest BCUT2D eigenvalue weighted by molar-refractivity contribution is 6.04. The number of carbonyl (C=O) groups excluding carboxylic acids is 1. The highest BCUT2D eigenvalue weighted by Crippen LogP contribution is 2.27. The summed E-state index contributed by atoms with van der Waals surface area (Å²) in [7, 11) is 1.56. The van der Waals surface area contributed by atoms with Gasteiger partial charge in [-0.05, 0) is 30.4 Å². The molecule has 0 heterocycles. The molecule has 5 N–H and O–H groups in total. The average Bonchev–Trinajstić information content (AvgIpc) is 2.72. The van der Waals surface area contributed by atoms with E-state index in [1.54, 1.807) is 11.9 Å². The van der Waals surface area contributed by atoms with E-state index < -0.39 is 11.9 Å². The van der Waals surface area contributed by atoms with Gasteiger partial charge in [0.05, 0.1) is 18.5 Å². The van der Waals surface area contributed by atoms with Gasteiger partial charge in [-0.3, -0.25) is 24.8 Å². The number of guanidine groups is 1. The number of anilines is 1. The van der Waals surface area contributed by atoms with Crippen LogP contribution < -0.4 is 16.0 Å². The lowest BCUT2D eigenvalue weighted by Gasteiger charge is -2.27. The Labute approximate surface area is 178 Å². The fourth-order valence-corrected chi connectivity index (χ4v) is 2.64. The number of hydrogen-bond acceptors (Lipinski definition) is 4. The third-order valence-electron chi connectivity index (χ3n) is 4.24. The smallest absolute Gasteiger partial charge is 0.328 e. The number of unbranched alkanes of at least 4 members (excludes halogenated alkanes) is 1. The van der Waals surface area contributed by atoms with Gasteiger partial charge >= 0.3 is 18.0 Å². The van der Waals surface area contributed by atoms with Crippen molar-refractivity contribution >= 4 is 29.6 Å². The van der Waals surface area contributed by atoms with Crippen LogP contribution in [-0.2, 0) is 22.4 Å². The van der Waals surface area contributed by atoms with Gasteiger partial charge in [-0.25, -0.2) is 4.79 Å². The second-order valence-electron chi connectivity index (χ2n) is 6.46. The molecule has 9 nitrogen and oxygen atoms in total. The minimum absolute atomic E-state index is 0.138. The first-order chi connectivity index (χ1) is 14.2. The third kappa shape index (κ3) is 9.90. The van der Waals surface area contributed by atoms with E-state index in [0.29, 0.717) is 6.54 Å². The average molecular weight is 423 g/mol. The Hall–Kier alpha value is -3.10. The van der Waals surface area contributed by atoms with Gasteiger partial charge in [-0.15, -0.1) is 0 Å². The molecule has 0 aliphatic carbocycles. The van der Waals surface area contributed by atoms with Gasteiger partial charge < -0.3 is 15.9 Å². The molecule has 1 rings (SSSR count). The summed E-state index contributed by atoms with van der Waals surface area (Å²) in [4.78, 5) is 37.5. The molecular formula is C21H34N4O5.